The molecule has 0 bridgehead atoms. The van der Waals surface area contributed by atoms with Crippen molar-refractivity contribution in [2.45, 2.75) is 6.92 Å². The fraction of sp³-hybridized carbons (Fsp3) is 0.412. The molecule has 120 valence electrons. The van der Waals surface area contributed by atoms with Crippen molar-refractivity contribution in [3.8, 4) is 10.4 Å². The summed E-state index contributed by atoms with van der Waals surface area (Å²) in [6.45, 7) is 5.49. The van der Waals surface area contributed by atoms with E-state index in [-0.39, 0.29) is 11.7 Å². The Morgan fingerprint density at radius 2 is 1.91 bits per heavy atom. The van der Waals surface area contributed by atoms with E-state index in [0.29, 0.717) is 17.5 Å². The first-order valence-electron chi connectivity index (χ1n) is 7.85. The number of aromatic nitrogens is 1. The van der Waals surface area contributed by atoms with Gasteiger partial charge < -0.3 is 10.2 Å². The van der Waals surface area contributed by atoms with E-state index in [2.05, 4.69) is 10.3 Å². The summed E-state index contributed by atoms with van der Waals surface area (Å²) >= 11 is 1.49. The van der Waals surface area contributed by atoms with Crippen LogP contribution < -0.4 is 5.32 Å². The van der Waals surface area contributed by atoms with Gasteiger partial charge in [-0.1, -0.05) is 12.1 Å². The van der Waals surface area contributed by atoms with E-state index in [4.69, 9.17) is 0 Å². The van der Waals surface area contributed by atoms with Gasteiger partial charge in [0.2, 0.25) is 0 Å². The maximum Gasteiger partial charge on any atom is 0.274 e. The molecule has 2 unspecified atom stereocenters. The minimum Gasteiger partial charge on any atom is -0.337 e. The fourth-order valence-electron chi connectivity index (χ4n) is 3.54. The standard InChI is InChI=1S/C17H18FN3OS/c1-10-20-15(16(23-10)11-2-4-14(18)5-3-11)17(22)21-8-12-6-19-7-13(12)9-21/h2-5,12-13,19H,6-9H2,1H3. The number of carbonyl (C=O) groups is 1. The molecular weight excluding hydrogens is 313 g/mol. The van der Waals surface area contributed by atoms with Crippen LogP contribution in [0.25, 0.3) is 10.4 Å². The van der Waals surface area contributed by atoms with Gasteiger partial charge in [-0.25, -0.2) is 9.37 Å². The van der Waals surface area contributed by atoms with E-state index in [1.165, 1.54) is 23.5 Å². The first-order chi connectivity index (χ1) is 11.1. The summed E-state index contributed by atoms with van der Waals surface area (Å²) in [5.41, 5.74) is 1.36. The van der Waals surface area contributed by atoms with Crippen LogP contribution >= 0.6 is 11.3 Å². The molecule has 4 rings (SSSR count). The lowest BCUT2D eigenvalue weighted by molar-refractivity contribution is 0.0777. The first-order valence-corrected chi connectivity index (χ1v) is 8.67. The lowest BCUT2D eigenvalue weighted by Crippen LogP contribution is -2.32. The van der Waals surface area contributed by atoms with Gasteiger partial charge in [-0.2, -0.15) is 0 Å². The minimum absolute atomic E-state index is 0.00285. The largest absolute Gasteiger partial charge is 0.337 e. The van der Waals surface area contributed by atoms with Crippen LogP contribution in [-0.4, -0.2) is 42.0 Å². The highest BCUT2D eigenvalue weighted by atomic mass is 32.1. The molecule has 1 N–H and O–H groups in total. The van der Waals surface area contributed by atoms with Gasteiger partial charge in [-0.05, 0) is 36.5 Å². The van der Waals surface area contributed by atoms with Gasteiger partial charge in [0.15, 0.2) is 0 Å². The van der Waals surface area contributed by atoms with Gasteiger partial charge in [0.1, 0.15) is 11.5 Å². The fourth-order valence-corrected chi connectivity index (χ4v) is 4.46. The third-order valence-electron chi connectivity index (χ3n) is 4.72. The van der Waals surface area contributed by atoms with Crippen molar-refractivity contribution in [1.29, 1.82) is 0 Å². The maximum absolute atomic E-state index is 13.2. The lowest BCUT2D eigenvalue weighted by Gasteiger charge is -2.17. The highest BCUT2D eigenvalue weighted by molar-refractivity contribution is 7.15. The number of likely N-dealkylation sites (tertiary alicyclic amines) is 1. The molecule has 0 radical (unpaired) electrons. The average Bonchev–Trinajstić information content (AvgIpc) is 3.21. The van der Waals surface area contributed by atoms with Gasteiger partial charge in [-0.3, -0.25) is 4.79 Å². The van der Waals surface area contributed by atoms with Gasteiger partial charge >= 0.3 is 0 Å². The summed E-state index contributed by atoms with van der Waals surface area (Å²) < 4.78 is 13.2. The number of aryl methyl sites for hydroxylation is 1. The number of halogens is 1. The predicted octanol–water partition coefficient (Wildman–Crippen LogP) is 2.55. The Labute approximate surface area is 138 Å². The summed E-state index contributed by atoms with van der Waals surface area (Å²) in [5.74, 6) is 0.853. The van der Waals surface area contributed by atoms with E-state index >= 15 is 0 Å². The van der Waals surface area contributed by atoms with Gasteiger partial charge in [0.25, 0.3) is 5.91 Å². The quantitative estimate of drug-likeness (QED) is 0.920. The summed E-state index contributed by atoms with van der Waals surface area (Å²) in [6, 6.07) is 6.26. The number of fused-ring (bicyclic) bond motifs is 1. The zero-order valence-electron chi connectivity index (χ0n) is 12.9. The van der Waals surface area contributed by atoms with Gasteiger partial charge in [0.05, 0.1) is 9.88 Å². The summed E-state index contributed by atoms with van der Waals surface area (Å²) in [7, 11) is 0. The molecule has 0 spiro atoms. The Morgan fingerprint density at radius 1 is 1.26 bits per heavy atom. The molecule has 0 saturated carbocycles. The Bertz CT molecular complexity index is 731. The second-order valence-electron chi connectivity index (χ2n) is 6.31. The van der Waals surface area contributed by atoms with Crippen molar-refractivity contribution in [2.75, 3.05) is 26.2 Å². The molecule has 1 aromatic heterocycles. The number of nitrogens with zero attached hydrogens (tertiary/aromatic N) is 2. The minimum atomic E-state index is -0.275. The highest BCUT2D eigenvalue weighted by Crippen LogP contribution is 2.33. The zero-order chi connectivity index (χ0) is 16.0. The van der Waals surface area contributed by atoms with Crippen LogP contribution in [0.5, 0.6) is 0 Å². The van der Waals surface area contributed by atoms with Crippen LogP contribution in [0.15, 0.2) is 24.3 Å². The van der Waals surface area contributed by atoms with Crippen LogP contribution in [-0.2, 0) is 0 Å². The first kappa shape index (κ1) is 14.8. The number of benzene rings is 1. The molecule has 2 atom stereocenters. The topological polar surface area (TPSA) is 45.2 Å². The average molecular weight is 331 g/mol. The molecule has 4 nitrogen and oxygen atoms in total. The molecule has 2 aliphatic rings. The van der Waals surface area contributed by atoms with E-state index in [1.807, 2.05) is 11.8 Å². The predicted molar refractivity (Wildman–Crippen MR) is 88.0 cm³/mol. The van der Waals surface area contributed by atoms with Crippen molar-refractivity contribution in [1.82, 2.24) is 15.2 Å². The Morgan fingerprint density at radius 3 is 2.57 bits per heavy atom. The third-order valence-corrected chi connectivity index (χ3v) is 5.74. The molecule has 2 aliphatic heterocycles. The molecule has 1 aromatic carbocycles. The summed E-state index contributed by atoms with van der Waals surface area (Å²) in [4.78, 5) is 20.2. The van der Waals surface area contributed by atoms with Crippen molar-refractivity contribution in [3.63, 3.8) is 0 Å². The monoisotopic (exact) mass is 331 g/mol. The second-order valence-corrected chi connectivity index (χ2v) is 7.51. The van der Waals surface area contributed by atoms with Crippen LogP contribution in [0.4, 0.5) is 4.39 Å². The third kappa shape index (κ3) is 2.66. The number of carbonyl (C=O) groups excluding carboxylic acids is 1. The molecule has 2 fully saturated rings. The number of amides is 1. The Balaban J connectivity index is 1.64. The van der Waals surface area contributed by atoms with Crippen molar-refractivity contribution >= 4 is 17.2 Å². The SMILES string of the molecule is Cc1nc(C(=O)N2CC3CNCC3C2)c(-c2ccc(F)cc2)s1. The molecular formula is C17H18FN3OS. The number of nitrogens with one attached hydrogen (secondary N) is 1. The van der Waals surface area contributed by atoms with Crippen LogP contribution in [0.3, 0.4) is 0 Å². The molecule has 23 heavy (non-hydrogen) atoms. The normalized spacial score (nSPS) is 23.3. The molecule has 3 heterocycles. The maximum atomic E-state index is 13.2. The number of hydrogen-bond donors (Lipinski definition) is 1. The van der Waals surface area contributed by atoms with Gasteiger partial charge in [-0.15, -0.1) is 11.3 Å². The van der Waals surface area contributed by atoms with E-state index < -0.39 is 0 Å². The summed E-state index contributed by atoms with van der Waals surface area (Å²) in [6.07, 6.45) is 0. The van der Waals surface area contributed by atoms with E-state index in [0.717, 1.165) is 41.6 Å². The Kier molecular flexibility index (Phi) is 3.66. The van der Waals surface area contributed by atoms with Gasteiger partial charge in [0, 0.05) is 26.2 Å². The molecule has 1 amide bonds. The molecule has 0 aliphatic carbocycles. The van der Waals surface area contributed by atoms with Crippen molar-refractivity contribution in [3.05, 3.63) is 40.8 Å². The number of thiazole rings is 1. The van der Waals surface area contributed by atoms with E-state index in [1.54, 1.807) is 12.1 Å². The zero-order valence-corrected chi connectivity index (χ0v) is 13.7. The molecule has 2 saturated heterocycles. The van der Waals surface area contributed by atoms with Crippen LogP contribution in [0, 0.1) is 24.6 Å². The number of hydrogen-bond acceptors (Lipinski definition) is 4. The smallest absolute Gasteiger partial charge is 0.274 e. The highest BCUT2D eigenvalue weighted by Gasteiger charge is 2.39. The van der Waals surface area contributed by atoms with Crippen molar-refractivity contribution in [2.24, 2.45) is 11.8 Å². The molecule has 2 aromatic rings. The second kappa shape index (κ2) is 5.69. The lowest BCUT2D eigenvalue weighted by atomic mass is 10.0. The number of rotatable bonds is 2. The van der Waals surface area contributed by atoms with Crippen molar-refractivity contribution < 1.29 is 9.18 Å². The van der Waals surface area contributed by atoms with Crippen LogP contribution in [0.1, 0.15) is 15.5 Å². The van der Waals surface area contributed by atoms with E-state index in [9.17, 15) is 9.18 Å². The van der Waals surface area contributed by atoms with Crippen LogP contribution in [0.2, 0.25) is 0 Å². The molecule has 6 heteroatoms. The summed E-state index contributed by atoms with van der Waals surface area (Å²) in [5, 5.41) is 4.24. The Hall–Kier alpha value is -1.79.